The van der Waals surface area contributed by atoms with Gasteiger partial charge in [-0.05, 0) is 68.9 Å². The largest absolute Gasteiger partial charge is 0.480 e. The minimum absolute atomic E-state index is 0.000596. The summed E-state index contributed by atoms with van der Waals surface area (Å²) in [6, 6.07) is 12.3. The molecule has 2 aromatic rings. The van der Waals surface area contributed by atoms with Crippen molar-refractivity contribution in [3.8, 4) is 5.75 Å². The van der Waals surface area contributed by atoms with Gasteiger partial charge in [-0.2, -0.15) is 0 Å². The van der Waals surface area contributed by atoms with Crippen molar-refractivity contribution >= 4 is 5.91 Å². The third-order valence-electron chi connectivity index (χ3n) is 5.01. The van der Waals surface area contributed by atoms with Gasteiger partial charge in [-0.25, -0.2) is 0 Å². The molecule has 1 N–H and O–H groups in total. The smallest absolute Gasteiger partial charge is 0.261 e. The number of ether oxygens (including phenoxy) is 1. The van der Waals surface area contributed by atoms with Crippen LogP contribution in [0, 0.1) is 27.7 Å². The molecule has 0 aliphatic carbocycles. The summed E-state index contributed by atoms with van der Waals surface area (Å²) >= 11 is 0. The lowest BCUT2D eigenvalue weighted by Crippen LogP contribution is -2.40. The molecular weight excluding hydrogens is 322 g/mol. The van der Waals surface area contributed by atoms with Crippen molar-refractivity contribution in [2.45, 2.75) is 66.5 Å². The zero-order valence-electron chi connectivity index (χ0n) is 16.8. The molecule has 0 bridgehead atoms. The van der Waals surface area contributed by atoms with Crippen molar-refractivity contribution in [3.05, 3.63) is 64.2 Å². The number of hydrogen-bond acceptors (Lipinski definition) is 2. The minimum Gasteiger partial charge on any atom is -0.480 e. The highest BCUT2D eigenvalue weighted by atomic mass is 16.5. The first-order valence-electron chi connectivity index (χ1n) is 9.47. The maximum atomic E-state index is 12.9. The topological polar surface area (TPSA) is 38.3 Å². The molecule has 0 saturated carbocycles. The van der Waals surface area contributed by atoms with E-state index >= 15 is 0 Å². The minimum atomic E-state index is -0.490. The number of nitrogens with one attached hydrogen (secondary N) is 1. The van der Waals surface area contributed by atoms with E-state index in [2.05, 4.69) is 57.3 Å². The van der Waals surface area contributed by atoms with Crippen LogP contribution in [0.2, 0.25) is 0 Å². The van der Waals surface area contributed by atoms with E-state index in [1.54, 1.807) is 0 Å². The normalized spacial score (nSPS) is 13.2. The van der Waals surface area contributed by atoms with Crippen LogP contribution in [0.25, 0.3) is 0 Å². The van der Waals surface area contributed by atoms with E-state index in [-0.39, 0.29) is 11.9 Å². The molecule has 0 radical (unpaired) electrons. The first-order valence-corrected chi connectivity index (χ1v) is 9.47. The molecule has 1 amide bonds. The summed E-state index contributed by atoms with van der Waals surface area (Å²) in [6.45, 7) is 12.3. The Morgan fingerprint density at radius 3 is 2.35 bits per heavy atom. The molecule has 3 heteroatoms. The van der Waals surface area contributed by atoms with Gasteiger partial charge in [-0.1, -0.05) is 49.7 Å². The van der Waals surface area contributed by atoms with Gasteiger partial charge in [0.1, 0.15) is 5.75 Å². The summed E-state index contributed by atoms with van der Waals surface area (Å²) in [4.78, 5) is 12.9. The predicted octanol–water partition coefficient (Wildman–Crippen LogP) is 5.35. The van der Waals surface area contributed by atoms with Crippen LogP contribution in [0.5, 0.6) is 5.75 Å². The van der Waals surface area contributed by atoms with Crippen molar-refractivity contribution in [1.29, 1.82) is 0 Å². The van der Waals surface area contributed by atoms with E-state index in [9.17, 15) is 4.79 Å². The molecule has 2 aromatic carbocycles. The lowest BCUT2D eigenvalue weighted by Gasteiger charge is -2.24. The van der Waals surface area contributed by atoms with Gasteiger partial charge in [-0.3, -0.25) is 4.79 Å². The number of rotatable bonds is 7. The number of carbonyl (C=O) groups is 1. The molecule has 0 aliphatic heterocycles. The molecule has 0 fully saturated rings. The van der Waals surface area contributed by atoms with E-state index in [1.165, 1.54) is 22.3 Å². The van der Waals surface area contributed by atoms with Gasteiger partial charge in [0.15, 0.2) is 6.10 Å². The fourth-order valence-corrected chi connectivity index (χ4v) is 3.21. The molecule has 3 nitrogen and oxygen atoms in total. The lowest BCUT2D eigenvalue weighted by atomic mass is 9.97. The van der Waals surface area contributed by atoms with Crippen molar-refractivity contribution in [2.24, 2.45) is 0 Å². The van der Waals surface area contributed by atoms with Gasteiger partial charge in [0, 0.05) is 0 Å². The van der Waals surface area contributed by atoms with Crippen LogP contribution in [-0.4, -0.2) is 12.0 Å². The van der Waals surface area contributed by atoms with Gasteiger partial charge >= 0.3 is 0 Å². The van der Waals surface area contributed by atoms with E-state index < -0.39 is 6.10 Å². The maximum absolute atomic E-state index is 12.9. The summed E-state index contributed by atoms with van der Waals surface area (Å²) in [7, 11) is 0. The Labute approximate surface area is 157 Å². The molecule has 26 heavy (non-hydrogen) atoms. The molecule has 0 saturated heterocycles. The summed E-state index contributed by atoms with van der Waals surface area (Å²) in [5, 5.41) is 3.18. The van der Waals surface area contributed by atoms with E-state index in [0.29, 0.717) is 6.42 Å². The van der Waals surface area contributed by atoms with Crippen molar-refractivity contribution in [2.75, 3.05) is 0 Å². The van der Waals surface area contributed by atoms with Crippen LogP contribution >= 0.6 is 0 Å². The highest BCUT2D eigenvalue weighted by Crippen LogP contribution is 2.24. The van der Waals surface area contributed by atoms with Crippen LogP contribution in [0.3, 0.4) is 0 Å². The monoisotopic (exact) mass is 353 g/mol. The summed E-state index contributed by atoms with van der Waals surface area (Å²) in [5.41, 5.74) is 5.87. The average molecular weight is 354 g/mol. The highest BCUT2D eigenvalue weighted by Gasteiger charge is 2.23. The zero-order chi connectivity index (χ0) is 19.3. The predicted molar refractivity (Wildman–Crippen MR) is 108 cm³/mol. The number of benzene rings is 2. The summed E-state index contributed by atoms with van der Waals surface area (Å²) in [6.07, 6.45) is 0.980. The standard InChI is InChI=1S/C23H31NO2/c1-7-20(19-13-12-15(3)14-17(19)5)24-23(25)21(8-2)26-22-11-9-10-16(4)18(22)6/h9-14,20-21H,7-8H2,1-6H3,(H,24,25)/t20-,21+/m0/s1. The van der Waals surface area contributed by atoms with Gasteiger partial charge in [0.2, 0.25) is 0 Å². The summed E-state index contributed by atoms with van der Waals surface area (Å²) < 4.78 is 6.06. The Morgan fingerprint density at radius 1 is 1.00 bits per heavy atom. The lowest BCUT2D eigenvalue weighted by molar-refractivity contribution is -0.129. The Balaban J connectivity index is 2.15. The fourth-order valence-electron chi connectivity index (χ4n) is 3.21. The molecule has 140 valence electrons. The van der Waals surface area contributed by atoms with Crippen molar-refractivity contribution in [1.82, 2.24) is 5.32 Å². The molecule has 2 atom stereocenters. The Bertz CT molecular complexity index is 767. The quantitative estimate of drug-likeness (QED) is 0.729. The highest BCUT2D eigenvalue weighted by molar-refractivity contribution is 5.81. The molecule has 0 spiro atoms. The fraction of sp³-hybridized carbons (Fsp3) is 0.435. The maximum Gasteiger partial charge on any atom is 0.261 e. The van der Waals surface area contributed by atoms with E-state index in [0.717, 1.165) is 17.7 Å². The Morgan fingerprint density at radius 2 is 1.73 bits per heavy atom. The molecular formula is C23H31NO2. The van der Waals surface area contributed by atoms with Gasteiger partial charge < -0.3 is 10.1 Å². The number of amides is 1. The van der Waals surface area contributed by atoms with Crippen LogP contribution in [0.4, 0.5) is 0 Å². The van der Waals surface area contributed by atoms with Crippen LogP contribution in [0.1, 0.15) is 60.5 Å². The van der Waals surface area contributed by atoms with Crippen LogP contribution in [0.15, 0.2) is 36.4 Å². The van der Waals surface area contributed by atoms with Crippen molar-refractivity contribution in [3.63, 3.8) is 0 Å². The third kappa shape index (κ3) is 4.66. The second-order valence-corrected chi connectivity index (χ2v) is 7.04. The van der Waals surface area contributed by atoms with Crippen LogP contribution in [-0.2, 0) is 4.79 Å². The second-order valence-electron chi connectivity index (χ2n) is 7.04. The van der Waals surface area contributed by atoms with E-state index in [4.69, 9.17) is 4.74 Å². The van der Waals surface area contributed by atoms with Gasteiger partial charge in [0.25, 0.3) is 5.91 Å². The second kappa shape index (κ2) is 8.88. The molecule has 0 aromatic heterocycles. The van der Waals surface area contributed by atoms with Gasteiger partial charge in [-0.15, -0.1) is 0 Å². The molecule has 0 unspecified atom stereocenters. The first kappa shape index (κ1) is 20.0. The number of carbonyl (C=O) groups excluding carboxylic acids is 1. The number of hydrogen-bond donors (Lipinski definition) is 1. The number of aryl methyl sites for hydroxylation is 3. The molecule has 0 heterocycles. The Hall–Kier alpha value is -2.29. The van der Waals surface area contributed by atoms with E-state index in [1.807, 2.05) is 26.0 Å². The van der Waals surface area contributed by atoms with Gasteiger partial charge in [0.05, 0.1) is 6.04 Å². The average Bonchev–Trinajstić information content (AvgIpc) is 2.61. The molecule has 2 rings (SSSR count). The zero-order valence-corrected chi connectivity index (χ0v) is 16.8. The Kier molecular flexibility index (Phi) is 6.84. The van der Waals surface area contributed by atoms with Crippen molar-refractivity contribution < 1.29 is 9.53 Å². The first-order chi connectivity index (χ1) is 12.4. The summed E-state index contributed by atoms with van der Waals surface area (Å²) in [5.74, 6) is 0.729. The van der Waals surface area contributed by atoms with Crippen LogP contribution < -0.4 is 10.1 Å². The molecule has 0 aliphatic rings. The third-order valence-corrected chi connectivity index (χ3v) is 5.01. The SMILES string of the molecule is CC[C@H](NC(=O)[C@@H](CC)Oc1cccc(C)c1C)c1ccc(C)cc1C.